The lowest BCUT2D eigenvalue weighted by atomic mass is 10.2. The van der Waals surface area contributed by atoms with Crippen LogP contribution in [0.4, 0.5) is 0 Å². The Morgan fingerprint density at radius 3 is 3.00 bits per heavy atom. The van der Waals surface area contributed by atoms with Crippen molar-refractivity contribution in [3.63, 3.8) is 0 Å². The first-order valence-electron chi connectivity index (χ1n) is 4.27. The quantitative estimate of drug-likeness (QED) is 0.683. The van der Waals surface area contributed by atoms with Crippen molar-refractivity contribution < 1.29 is 14.3 Å². The highest BCUT2D eigenvalue weighted by Crippen LogP contribution is 2.33. The van der Waals surface area contributed by atoms with Crippen LogP contribution in [0.2, 0.25) is 0 Å². The van der Waals surface area contributed by atoms with Crippen LogP contribution in [0.5, 0.6) is 0 Å². The Hall–Kier alpha value is -1.88. The van der Waals surface area contributed by atoms with E-state index in [4.69, 9.17) is 9.52 Å². The number of hydrogen-bond acceptors (Lipinski definition) is 4. The Morgan fingerprint density at radius 1 is 1.40 bits per heavy atom. The maximum Gasteiger partial charge on any atom is 0.392 e. The molecule has 0 unspecified atom stereocenters. The van der Waals surface area contributed by atoms with E-state index in [9.17, 15) is 4.79 Å². The van der Waals surface area contributed by atoms with Gasteiger partial charge >= 0.3 is 11.9 Å². The van der Waals surface area contributed by atoms with E-state index in [0.717, 1.165) is 10.1 Å². The summed E-state index contributed by atoms with van der Waals surface area (Å²) in [4.78, 5) is 15.2. The zero-order valence-electron chi connectivity index (χ0n) is 7.43. The molecule has 3 aromatic rings. The predicted octanol–water partition coefficient (Wildman–Crippen LogP) is 2.74. The molecule has 2 aromatic heterocycles. The van der Waals surface area contributed by atoms with Crippen LogP contribution in [0.25, 0.3) is 20.5 Å². The van der Waals surface area contributed by atoms with Crippen LogP contribution in [-0.2, 0) is 0 Å². The van der Waals surface area contributed by atoms with Crippen molar-refractivity contribution >= 4 is 37.8 Å². The van der Waals surface area contributed by atoms with E-state index in [0.29, 0.717) is 10.4 Å². The molecule has 0 fully saturated rings. The molecule has 1 aromatic carbocycles. The van der Waals surface area contributed by atoms with Gasteiger partial charge in [-0.3, -0.25) is 0 Å². The summed E-state index contributed by atoms with van der Waals surface area (Å²) in [6, 6.07) is 7.66. The monoisotopic (exact) mass is 219 g/mol. The summed E-state index contributed by atoms with van der Waals surface area (Å²) in [6.45, 7) is 0. The minimum Gasteiger partial charge on any atom is -0.474 e. The van der Waals surface area contributed by atoms with Crippen molar-refractivity contribution in [2.45, 2.75) is 0 Å². The van der Waals surface area contributed by atoms with E-state index < -0.39 is 5.97 Å². The van der Waals surface area contributed by atoms with Gasteiger partial charge in [0, 0.05) is 10.1 Å². The van der Waals surface area contributed by atoms with Crippen molar-refractivity contribution in [1.29, 1.82) is 0 Å². The highest BCUT2D eigenvalue weighted by Gasteiger charge is 2.16. The number of carbonyl (C=O) groups is 1. The van der Waals surface area contributed by atoms with Crippen LogP contribution >= 0.6 is 11.3 Å². The number of nitrogens with zero attached hydrogens (tertiary/aromatic N) is 1. The standard InChI is InChI=1S/C10H5NO3S/c12-10(13)8-11-9-7(14-8)5-3-1-2-4-6(5)15-9/h1-4H,(H,12,13). The number of aromatic carboxylic acids is 1. The molecular weight excluding hydrogens is 214 g/mol. The van der Waals surface area contributed by atoms with Gasteiger partial charge in [0.15, 0.2) is 10.4 Å². The molecule has 0 aliphatic heterocycles. The Balaban J connectivity index is 2.42. The normalized spacial score (nSPS) is 11.2. The van der Waals surface area contributed by atoms with Crippen LogP contribution in [0, 0.1) is 0 Å². The van der Waals surface area contributed by atoms with Crippen LogP contribution < -0.4 is 0 Å². The third kappa shape index (κ3) is 1.13. The lowest BCUT2D eigenvalue weighted by Gasteiger charge is -1.86. The molecule has 5 heteroatoms. The van der Waals surface area contributed by atoms with Crippen molar-refractivity contribution in [1.82, 2.24) is 4.98 Å². The molecule has 1 N–H and O–H groups in total. The average molecular weight is 219 g/mol. The molecule has 0 aliphatic rings. The lowest BCUT2D eigenvalue weighted by Crippen LogP contribution is -1.94. The van der Waals surface area contributed by atoms with E-state index in [1.807, 2.05) is 24.3 Å². The number of carboxylic acids is 1. The van der Waals surface area contributed by atoms with Crippen molar-refractivity contribution in [2.24, 2.45) is 0 Å². The van der Waals surface area contributed by atoms with Crippen molar-refractivity contribution in [2.75, 3.05) is 0 Å². The van der Waals surface area contributed by atoms with E-state index in [-0.39, 0.29) is 5.89 Å². The Morgan fingerprint density at radius 2 is 2.20 bits per heavy atom. The Bertz CT molecular complexity index is 667. The van der Waals surface area contributed by atoms with Gasteiger partial charge in [-0.15, -0.1) is 11.3 Å². The zero-order valence-corrected chi connectivity index (χ0v) is 8.25. The van der Waals surface area contributed by atoms with Crippen molar-refractivity contribution in [3.05, 3.63) is 30.2 Å². The molecule has 15 heavy (non-hydrogen) atoms. The maximum absolute atomic E-state index is 10.7. The number of rotatable bonds is 1. The summed E-state index contributed by atoms with van der Waals surface area (Å²) in [5, 5.41) is 9.64. The number of benzene rings is 1. The van der Waals surface area contributed by atoms with Gasteiger partial charge in [-0.05, 0) is 12.1 Å². The number of fused-ring (bicyclic) bond motifs is 3. The number of carboxylic acid groups (broad SMARTS) is 1. The van der Waals surface area contributed by atoms with E-state index >= 15 is 0 Å². The number of oxazole rings is 1. The smallest absolute Gasteiger partial charge is 0.392 e. The van der Waals surface area contributed by atoms with Gasteiger partial charge in [0.25, 0.3) is 0 Å². The molecule has 0 bridgehead atoms. The molecule has 0 saturated heterocycles. The highest BCUT2D eigenvalue weighted by atomic mass is 32.1. The molecular formula is C10H5NO3S. The number of thiophene rings is 1. The molecule has 0 atom stereocenters. The van der Waals surface area contributed by atoms with Crippen molar-refractivity contribution in [3.8, 4) is 0 Å². The van der Waals surface area contributed by atoms with Gasteiger partial charge in [0.05, 0.1) is 0 Å². The first kappa shape index (κ1) is 8.43. The lowest BCUT2D eigenvalue weighted by molar-refractivity contribution is 0.0656. The van der Waals surface area contributed by atoms with Gasteiger partial charge in [-0.2, -0.15) is 4.98 Å². The van der Waals surface area contributed by atoms with Gasteiger partial charge in [-0.1, -0.05) is 12.1 Å². The topological polar surface area (TPSA) is 63.3 Å². The Kier molecular flexibility index (Phi) is 1.58. The van der Waals surface area contributed by atoms with E-state index in [1.54, 1.807) is 0 Å². The third-order valence-electron chi connectivity index (χ3n) is 2.12. The molecule has 4 nitrogen and oxygen atoms in total. The first-order chi connectivity index (χ1) is 7.25. The molecule has 74 valence electrons. The van der Waals surface area contributed by atoms with E-state index in [2.05, 4.69) is 4.98 Å². The van der Waals surface area contributed by atoms with Crippen LogP contribution in [-0.4, -0.2) is 16.1 Å². The third-order valence-corrected chi connectivity index (χ3v) is 3.16. The molecule has 0 saturated carbocycles. The summed E-state index contributed by atoms with van der Waals surface area (Å²) in [5.74, 6) is -1.38. The Labute approximate surface area is 87.8 Å². The summed E-state index contributed by atoms with van der Waals surface area (Å²) in [7, 11) is 0. The molecule has 0 radical (unpaired) electrons. The molecule has 0 amide bonds. The number of aromatic nitrogens is 1. The second-order valence-electron chi connectivity index (χ2n) is 3.06. The predicted molar refractivity (Wildman–Crippen MR) is 56.4 cm³/mol. The first-order valence-corrected chi connectivity index (χ1v) is 5.09. The fraction of sp³-hybridized carbons (Fsp3) is 0. The fourth-order valence-corrected chi connectivity index (χ4v) is 2.48. The summed E-state index contributed by atoms with van der Waals surface area (Å²) in [5.41, 5.74) is 0.563. The summed E-state index contributed by atoms with van der Waals surface area (Å²) < 4.78 is 6.23. The molecule has 2 heterocycles. The minimum atomic E-state index is -1.14. The van der Waals surface area contributed by atoms with Gasteiger partial charge in [0.1, 0.15) is 0 Å². The zero-order chi connectivity index (χ0) is 10.4. The fourth-order valence-electron chi connectivity index (χ4n) is 1.48. The second-order valence-corrected chi connectivity index (χ2v) is 4.09. The maximum atomic E-state index is 10.7. The SMILES string of the molecule is O=C(O)c1nc2sc3ccccc3c2o1. The van der Waals surface area contributed by atoms with Gasteiger partial charge in [0.2, 0.25) is 0 Å². The van der Waals surface area contributed by atoms with Crippen LogP contribution in [0.1, 0.15) is 10.7 Å². The van der Waals surface area contributed by atoms with Crippen LogP contribution in [0.15, 0.2) is 28.7 Å². The molecule has 0 aliphatic carbocycles. The molecule has 3 rings (SSSR count). The van der Waals surface area contributed by atoms with Gasteiger partial charge < -0.3 is 9.52 Å². The van der Waals surface area contributed by atoms with Gasteiger partial charge in [-0.25, -0.2) is 4.79 Å². The summed E-state index contributed by atoms with van der Waals surface area (Å²) in [6.07, 6.45) is 0. The average Bonchev–Trinajstić information content (AvgIpc) is 2.73. The second kappa shape index (κ2) is 2.80. The largest absolute Gasteiger partial charge is 0.474 e. The highest BCUT2D eigenvalue weighted by molar-refractivity contribution is 7.25. The van der Waals surface area contributed by atoms with Crippen LogP contribution in [0.3, 0.4) is 0 Å². The van der Waals surface area contributed by atoms with E-state index in [1.165, 1.54) is 11.3 Å². The number of hydrogen-bond donors (Lipinski definition) is 1. The summed E-state index contributed by atoms with van der Waals surface area (Å²) >= 11 is 1.43. The minimum absolute atomic E-state index is 0.248. The molecule has 0 spiro atoms.